The Morgan fingerprint density at radius 3 is 2.03 bits per heavy atom. The van der Waals surface area contributed by atoms with Gasteiger partial charge in [-0.1, -0.05) is 59.8 Å². The molecule has 30 heavy (non-hydrogen) atoms. The third-order valence-electron chi connectivity index (χ3n) is 5.70. The van der Waals surface area contributed by atoms with Crippen LogP contribution in [0.3, 0.4) is 0 Å². The minimum absolute atomic E-state index is 0.160. The number of halogens is 1. The van der Waals surface area contributed by atoms with E-state index in [9.17, 15) is 4.79 Å². The van der Waals surface area contributed by atoms with Crippen molar-refractivity contribution in [3.8, 4) is 0 Å². The van der Waals surface area contributed by atoms with Crippen LogP contribution in [0, 0.1) is 3.57 Å². The van der Waals surface area contributed by atoms with Crippen LogP contribution < -0.4 is 5.32 Å². The molecule has 1 rings (SSSR count). The van der Waals surface area contributed by atoms with E-state index in [4.69, 9.17) is 13.9 Å². The average Bonchev–Trinajstić information content (AvgIpc) is 2.68. The molecular formula is C23H38INO4Si. The summed E-state index contributed by atoms with van der Waals surface area (Å²) in [5.74, 6) is -0.160. The Morgan fingerprint density at radius 2 is 1.57 bits per heavy atom. The zero-order chi connectivity index (χ0) is 22.9. The quantitative estimate of drug-likeness (QED) is 0.143. The van der Waals surface area contributed by atoms with Gasteiger partial charge in [0.25, 0.3) is 5.91 Å². The van der Waals surface area contributed by atoms with Gasteiger partial charge in [0, 0.05) is 29.8 Å². The minimum atomic E-state index is -2.01. The van der Waals surface area contributed by atoms with E-state index in [1.807, 2.05) is 30.3 Å². The van der Waals surface area contributed by atoms with Gasteiger partial charge >= 0.3 is 0 Å². The molecule has 0 saturated carbocycles. The predicted octanol–water partition coefficient (Wildman–Crippen LogP) is 6.36. The standard InChI is InChI=1S/C23H38INO4Si/c1-16(2)30(17(3)4,18(5)6)29-14-13-19(15-22(27-7)28-8)23(26)25-21-12-10-9-11-20(21)24/h9-13,16-18,22H,14-15H2,1-8H3,(H,25,26)/b19-13-. The Bertz CT molecular complexity index is 680. The smallest absolute Gasteiger partial charge is 0.251 e. The maximum absolute atomic E-state index is 13.1. The van der Waals surface area contributed by atoms with E-state index in [1.165, 1.54) is 0 Å². The molecule has 0 saturated heterocycles. The summed E-state index contributed by atoms with van der Waals surface area (Å²) in [6.07, 6.45) is 1.76. The third kappa shape index (κ3) is 7.15. The van der Waals surface area contributed by atoms with Gasteiger partial charge in [0.05, 0.1) is 12.3 Å². The summed E-state index contributed by atoms with van der Waals surface area (Å²) in [4.78, 5) is 13.1. The molecule has 0 aliphatic carbocycles. The van der Waals surface area contributed by atoms with E-state index in [-0.39, 0.29) is 5.91 Å². The molecule has 0 aliphatic rings. The molecule has 0 bridgehead atoms. The highest BCUT2D eigenvalue weighted by molar-refractivity contribution is 14.1. The Labute approximate surface area is 197 Å². The summed E-state index contributed by atoms with van der Waals surface area (Å²) in [5.41, 5.74) is 2.85. The third-order valence-corrected chi connectivity index (χ3v) is 12.7. The number of anilines is 1. The van der Waals surface area contributed by atoms with E-state index < -0.39 is 14.6 Å². The SMILES string of the molecule is COC(C/C(=C/CO[Si](C(C)C)(C(C)C)C(C)C)C(=O)Nc1ccccc1I)OC. The van der Waals surface area contributed by atoms with E-state index in [0.29, 0.717) is 35.2 Å². The molecule has 0 radical (unpaired) electrons. The Morgan fingerprint density at radius 1 is 1.03 bits per heavy atom. The zero-order valence-corrected chi connectivity index (χ0v) is 22.8. The van der Waals surface area contributed by atoms with Crippen molar-refractivity contribution in [3.63, 3.8) is 0 Å². The molecule has 0 aliphatic heterocycles. The van der Waals surface area contributed by atoms with Crippen LogP contribution in [-0.2, 0) is 18.7 Å². The highest BCUT2D eigenvalue weighted by Gasteiger charge is 2.44. The second-order valence-electron chi connectivity index (χ2n) is 8.40. The fourth-order valence-corrected chi connectivity index (χ4v) is 10.2. The first-order chi connectivity index (χ1) is 14.1. The molecule has 1 aromatic carbocycles. The van der Waals surface area contributed by atoms with Gasteiger partial charge in [-0.05, 0) is 51.3 Å². The second-order valence-corrected chi connectivity index (χ2v) is 15.0. The molecule has 5 nitrogen and oxygen atoms in total. The number of nitrogens with one attached hydrogen (secondary N) is 1. The lowest BCUT2D eigenvalue weighted by molar-refractivity contribution is -0.117. The first kappa shape index (κ1) is 27.3. The van der Waals surface area contributed by atoms with E-state index in [0.717, 1.165) is 9.26 Å². The first-order valence-corrected chi connectivity index (χ1v) is 13.8. The number of methoxy groups -OCH3 is 2. The second kappa shape index (κ2) is 13.0. The number of para-hydroxylation sites is 1. The van der Waals surface area contributed by atoms with Gasteiger partial charge in [-0.15, -0.1) is 0 Å². The van der Waals surface area contributed by atoms with Crippen molar-refractivity contribution in [1.29, 1.82) is 0 Å². The molecule has 0 atom stereocenters. The summed E-state index contributed by atoms with van der Waals surface area (Å²) < 4.78 is 18.3. The zero-order valence-electron chi connectivity index (χ0n) is 19.6. The van der Waals surface area contributed by atoms with Crippen LogP contribution in [-0.4, -0.2) is 41.3 Å². The van der Waals surface area contributed by atoms with Crippen molar-refractivity contribution in [2.45, 2.75) is 70.9 Å². The fourth-order valence-electron chi connectivity index (χ4n) is 4.26. The molecular weight excluding hydrogens is 509 g/mol. The van der Waals surface area contributed by atoms with Gasteiger partial charge in [0.1, 0.15) is 0 Å². The molecule has 1 amide bonds. The molecule has 0 fully saturated rings. The van der Waals surface area contributed by atoms with Gasteiger partial charge < -0.3 is 19.2 Å². The molecule has 0 aromatic heterocycles. The Balaban J connectivity index is 3.10. The number of carbonyl (C=O) groups excluding carboxylic acids is 1. The number of amides is 1. The number of carbonyl (C=O) groups is 1. The van der Waals surface area contributed by atoms with Gasteiger partial charge in [0.15, 0.2) is 6.29 Å². The van der Waals surface area contributed by atoms with Gasteiger partial charge in [0.2, 0.25) is 8.32 Å². The van der Waals surface area contributed by atoms with Crippen LogP contribution in [0.2, 0.25) is 16.6 Å². The summed E-state index contributed by atoms with van der Waals surface area (Å²) >= 11 is 2.22. The lowest BCUT2D eigenvalue weighted by atomic mass is 10.1. The number of hydrogen-bond acceptors (Lipinski definition) is 4. The van der Waals surface area contributed by atoms with Crippen molar-refractivity contribution in [2.24, 2.45) is 0 Å². The summed E-state index contributed by atoms with van der Waals surface area (Å²) in [6.45, 7) is 14.0. The predicted molar refractivity (Wildman–Crippen MR) is 135 cm³/mol. The molecule has 1 N–H and O–H groups in total. The van der Waals surface area contributed by atoms with E-state index in [1.54, 1.807) is 14.2 Å². The van der Waals surface area contributed by atoms with Crippen LogP contribution in [0.1, 0.15) is 48.0 Å². The highest BCUT2D eigenvalue weighted by Crippen LogP contribution is 2.42. The van der Waals surface area contributed by atoms with Crippen molar-refractivity contribution < 1.29 is 18.7 Å². The Hall–Kier alpha value is -0.743. The van der Waals surface area contributed by atoms with Crippen LogP contribution in [0.4, 0.5) is 5.69 Å². The minimum Gasteiger partial charge on any atom is -0.412 e. The highest BCUT2D eigenvalue weighted by atomic mass is 127. The van der Waals surface area contributed by atoms with Crippen molar-refractivity contribution >= 4 is 42.5 Å². The van der Waals surface area contributed by atoms with Gasteiger partial charge in [-0.3, -0.25) is 4.79 Å². The summed E-state index contributed by atoms with van der Waals surface area (Å²) in [5, 5.41) is 3.01. The summed E-state index contributed by atoms with van der Waals surface area (Å²) in [7, 11) is 1.15. The largest absolute Gasteiger partial charge is 0.412 e. The molecule has 0 heterocycles. The first-order valence-electron chi connectivity index (χ1n) is 10.5. The normalized spacial score (nSPS) is 13.0. The van der Waals surface area contributed by atoms with Gasteiger partial charge in [-0.25, -0.2) is 0 Å². The molecule has 7 heteroatoms. The fraction of sp³-hybridized carbons (Fsp3) is 0.609. The van der Waals surface area contributed by atoms with E-state index in [2.05, 4.69) is 69.5 Å². The lowest BCUT2D eigenvalue weighted by Crippen LogP contribution is -2.47. The van der Waals surface area contributed by atoms with Crippen molar-refractivity contribution in [2.75, 3.05) is 26.1 Å². The van der Waals surface area contributed by atoms with E-state index >= 15 is 0 Å². The lowest BCUT2D eigenvalue weighted by Gasteiger charge is -2.42. The monoisotopic (exact) mass is 547 g/mol. The number of benzene rings is 1. The number of hydrogen-bond donors (Lipinski definition) is 1. The average molecular weight is 548 g/mol. The van der Waals surface area contributed by atoms with Crippen molar-refractivity contribution in [3.05, 3.63) is 39.5 Å². The Kier molecular flexibility index (Phi) is 11.8. The maximum Gasteiger partial charge on any atom is 0.251 e. The van der Waals surface area contributed by atoms with Gasteiger partial charge in [-0.2, -0.15) is 0 Å². The van der Waals surface area contributed by atoms with Crippen LogP contribution in [0.5, 0.6) is 0 Å². The number of rotatable bonds is 12. The maximum atomic E-state index is 13.1. The molecule has 1 aromatic rings. The molecule has 0 unspecified atom stereocenters. The number of ether oxygens (including phenoxy) is 2. The topological polar surface area (TPSA) is 56.8 Å². The van der Waals surface area contributed by atoms with Crippen LogP contribution >= 0.6 is 22.6 Å². The van der Waals surface area contributed by atoms with Crippen LogP contribution in [0.25, 0.3) is 0 Å². The van der Waals surface area contributed by atoms with Crippen LogP contribution in [0.15, 0.2) is 35.9 Å². The molecule has 0 spiro atoms. The molecule has 170 valence electrons. The van der Waals surface area contributed by atoms with Crippen molar-refractivity contribution in [1.82, 2.24) is 0 Å². The summed E-state index contributed by atoms with van der Waals surface area (Å²) in [6, 6.07) is 7.71.